The number of nitrogens with one attached hydrogen (secondary N) is 3. The second-order valence-corrected chi connectivity index (χ2v) is 5.36. The molecule has 1 aromatic rings. The van der Waals surface area contributed by atoms with Crippen molar-refractivity contribution in [2.75, 3.05) is 25.0 Å². The summed E-state index contributed by atoms with van der Waals surface area (Å²) < 4.78 is 0. The standard InChI is InChI=1S/C15H22ClN3O2/c1-4-17-7-8-18-15(21)12-9-11(5-6-13(12)16)19-14(20)10(2)3/h5-6,9-10,17H,4,7-8H2,1-3H3,(H,18,21)(H,19,20). The molecule has 0 saturated carbocycles. The van der Waals surface area contributed by atoms with E-state index in [9.17, 15) is 9.59 Å². The summed E-state index contributed by atoms with van der Waals surface area (Å²) in [4.78, 5) is 23.7. The molecule has 2 amide bonds. The molecular weight excluding hydrogens is 290 g/mol. The minimum atomic E-state index is -0.251. The molecule has 0 aromatic heterocycles. The first-order chi connectivity index (χ1) is 9.95. The fourth-order valence-corrected chi connectivity index (χ4v) is 1.80. The van der Waals surface area contributed by atoms with Gasteiger partial charge in [0.2, 0.25) is 5.91 Å². The monoisotopic (exact) mass is 311 g/mol. The maximum atomic E-state index is 12.1. The number of hydrogen-bond acceptors (Lipinski definition) is 3. The van der Waals surface area contributed by atoms with Gasteiger partial charge < -0.3 is 16.0 Å². The Balaban J connectivity index is 2.72. The molecule has 21 heavy (non-hydrogen) atoms. The quantitative estimate of drug-likeness (QED) is 0.677. The van der Waals surface area contributed by atoms with Crippen LogP contribution in [0.15, 0.2) is 18.2 Å². The number of likely N-dealkylation sites (N-methyl/N-ethyl adjacent to an activating group) is 1. The van der Waals surface area contributed by atoms with Crippen LogP contribution in [-0.4, -0.2) is 31.4 Å². The normalized spacial score (nSPS) is 10.5. The molecule has 1 rings (SSSR count). The lowest BCUT2D eigenvalue weighted by Gasteiger charge is -2.11. The van der Waals surface area contributed by atoms with E-state index in [0.29, 0.717) is 29.4 Å². The van der Waals surface area contributed by atoms with Crippen molar-refractivity contribution < 1.29 is 9.59 Å². The van der Waals surface area contributed by atoms with Gasteiger partial charge in [0.1, 0.15) is 0 Å². The summed E-state index contributed by atoms with van der Waals surface area (Å²) in [5.74, 6) is -0.479. The van der Waals surface area contributed by atoms with Crippen molar-refractivity contribution in [1.82, 2.24) is 10.6 Å². The summed E-state index contributed by atoms with van der Waals surface area (Å²) in [5.41, 5.74) is 0.921. The average Bonchev–Trinajstić information content (AvgIpc) is 2.45. The third kappa shape index (κ3) is 5.73. The summed E-state index contributed by atoms with van der Waals surface area (Å²) >= 11 is 6.04. The zero-order valence-corrected chi connectivity index (χ0v) is 13.4. The number of hydrogen-bond donors (Lipinski definition) is 3. The molecule has 0 aliphatic heterocycles. The summed E-state index contributed by atoms with van der Waals surface area (Å²) in [6, 6.07) is 4.87. The first-order valence-corrected chi connectivity index (χ1v) is 7.42. The van der Waals surface area contributed by atoms with Gasteiger partial charge in [0.25, 0.3) is 5.91 Å². The van der Waals surface area contributed by atoms with Gasteiger partial charge in [-0.25, -0.2) is 0 Å². The van der Waals surface area contributed by atoms with E-state index in [2.05, 4.69) is 16.0 Å². The van der Waals surface area contributed by atoms with Crippen LogP contribution < -0.4 is 16.0 Å². The Morgan fingerprint density at radius 2 is 1.95 bits per heavy atom. The molecule has 0 fully saturated rings. The van der Waals surface area contributed by atoms with Crippen LogP contribution in [0.3, 0.4) is 0 Å². The maximum Gasteiger partial charge on any atom is 0.252 e. The molecule has 0 radical (unpaired) electrons. The lowest BCUT2D eigenvalue weighted by molar-refractivity contribution is -0.118. The van der Waals surface area contributed by atoms with Gasteiger partial charge in [-0.2, -0.15) is 0 Å². The molecule has 0 aliphatic carbocycles. The zero-order chi connectivity index (χ0) is 15.8. The van der Waals surface area contributed by atoms with Gasteiger partial charge in [0.15, 0.2) is 0 Å². The van der Waals surface area contributed by atoms with Crippen LogP contribution in [0.5, 0.6) is 0 Å². The second kappa shape index (κ2) is 8.64. The van der Waals surface area contributed by atoms with Gasteiger partial charge in [-0.1, -0.05) is 32.4 Å². The Hall–Kier alpha value is -1.59. The maximum absolute atomic E-state index is 12.1. The summed E-state index contributed by atoms with van der Waals surface area (Å²) in [5, 5.41) is 9.00. The highest BCUT2D eigenvalue weighted by Gasteiger charge is 2.13. The van der Waals surface area contributed by atoms with Crippen molar-refractivity contribution in [2.24, 2.45) is 5.92 Å². The van der Waals surface area contributed by atoms with Crippen LogP contribution in [0.2, 0.25) is 5.02 Å². The van der Waals surface area contributed by atoms with Crippen LogP contribution >= 0.6 is 11.6 Å². The number of carbonyl (C=O) groups excluding carboxylic acids is 2. The fraction of sp³-hybridized carbons (Fsp3) is 0.467. The van der Waals surface area contributed by atoms with Gasteiger partial charge >= 0.3 is 0 Å². The molecular formula is C15H22ClN3O2. The Labute approximate surface area is 130 Å². The molecule has 0 saturated heterocycles. The number of rotatable bonds is 7. The Kier molecular flexibility index (Phi) is 7.19. The topological polar surface area (TPSA) is 70.2 Å². The number of anilines is 1. The molecule has 0 heterocycles. The molecule has 0 aliphatic rings. The van der Waals surface area contributed by atoms with Crippen LogP contribution in [0.4, 0.5) is 5.69 Å². The number of halogens is 1. The summed E-state index contributed by atoms with van der Waals surface area (Å²) in [7, 11) is 0. The van der Waals surface area contributed by atoms with Crippen LogP contribution in [0.1, 0.15) is 31.1 Å². The summed E-state index contributed by atoms with van der Waals surface area (Å²) in [6.45, 7) is 7.68. The zero-order valence-electron chi connectivity index (χ0n) is 12.6. The van der Waals surface area contributed by atoms with Gasteiger partial charge in [-0.3, -0.25) is 9.59 Å². The highest BCUT2D eigenvalue weighted by Crippen LogP contribution is 2.21. The molecule has 116 valence electrons. The van der Waals surface area contributed by atoms with E-state index in [1.165, 1.54) is 0 Å². The first kappa shape index (κ1) is 17.5. The molecule has 3 N–H and O–H groups in total. The smallest absolute Gasteiger partial charge is 0.252 e. The van der Waals surface area contributed by atoms with E-state index in [-0.39, 0.29) is 17.7 Å². The van der Waals surface area contributed by atoms with Gasteiger partial charge in [-0.05, 0) is 24.7 Å². The van der Waals surface area contributed by atoms with E-state index in [1.54, 1.807) is 32.0 Å². The Morgan fingerprint density at radius 1 is 1.24 bits per heavy atom. The SMILES string of the molecule is CCNCCNC(=O)c1cc(NC(=O)C(C)C)ccc1Cl. The van der Waals surface area contributed by atoms with E-state index >= 15 is 0 Å². The van der Waals surface area contributed by atoms with Crippen molar-refractivity contribution in [1.29, 1.82) is 0 Å². The van der Waals surface area contributed by atoms with Crippen molar-refractivity contribution in [2.45, 2.75) is 20.8 Å². The molecule has 0 bridgehead atoms. The highest BCUT2D eigenvalue weighted by molar-refractivity contribution is 6.34. The van der Waals surface area contributed by atoms with Crippen molar-refractivity contribution >= 4 is 29.1 Å². The number of amides is 2. The van der Waals surface area contributed by atoms with Crippen molar-refractivity contribution in [3.8, 4) is 0 Å². The Morgan fingerprint density at radius 3 is 2.57 bits per heavy atom. The number of benzene rings is 1. The van der Waals surface area contributed by atoms with Crippen LogP contribution in [0, 0.1) is 5.92 Å². The fourth-order valence-electron chi connectivity index (χ4n) is 1.60. The van der Waals surface area contributed by atoms with Crippen molar-refractivity contribution in [3.05, 3.63) is 28.8 Å². The largest absolute Gasteiger partial charge is 0.351 e. The minimum Gasteiger partial charge on any atom is -0.351 e. The van der Waals surface area contributed by atoms with Gasteiger partial charge in [0.05, 0.1) is 10.6 Å². The predicted octanol–water partition coefficient (Wildman–Crippen LogP) is 2.27. The van der Waals surface area contributed by atoms with E-state index < -0.39 is 0 Å². The highest BCUT2D eigenvalue weighted by atomic mass is 35.5. The lowest BCUT2D eigenvalue weighted by atomic mass is 10.1. The third-order valence-corrected chi connectivity index (χ3v) is 3.17. The summed E-state index contributed by atoms with van der Waals surface area (Å²) in [6.07, 6.45) is 0. The van der Waals surface area contributed by atoms with E-state index in [4.69, 9.17) is 11.6 Å². The molecule has 6 heteroatoms. The van der Waals surface area contributed by atoms with E-state index in [0.717, 1.165) is 6.54 Å². The third-order valence-electron chi connectivity index (χ3n) is 2.84. The van der Waals surface area contributed by atoms with Crippen LogP contribution in [-0.2, 0) is 4.79 Å². The average molecular weight is 312 g/mol. The lowest BCUT2D eigenvalue weighted by Crippen LogP contribution is -2.32. The molecule has 1 aromatic carbocycles. The molecule has 0 spiro atoms. The number of carbonyl (C=O) groups is 2. The van der Waals surface area contributed by atoms with Gasteiger partial charge in [-0.15, -0.1) is 0 Å². The van der Waals surface area contributed by atoms with Crippen molar-refractivity contribution in [3.63, 3.8) is 0 Å². The van der Waals surface area contributed by atoms with Crippen LogP contribution in [0.25, 0.3) is 0 Å². The second-order valence-electron chi connectivity index (χ2n) is 4.95. The minimum absolute atomic E-state index is 0.101. The molecule has 5 nitrogen and oxygen atoms in total. The van der Waals surface area contributed by atoms with E-state index in [1.807, 2.05) is 6.92 Å². The Bertz CT molecular complexity index is 504. The van der Waals surface area contributed by atoms with Gasteiger partial charge in [0, 0.05) is 24.7 Å². The first-order valence-electron chi connectivity index (χ1n) is 7.05. The predicted molar refractivity (Wildman–Crippen MR) is 85.8 cm³/mol. The molecule has 0 unspecified atom stereocenters. The molecule has 0 atom stereocenters.